The summed E-state index contributed by atoms with van der Waals surface area (Å²) in [5, 5.41) is 8.54. The lowest BCUT2D eigenvalue weighted by Gasteiger charge is -1.89. The van der Waals surface area contributed by atoms with E-state index in [0.717, 1.165) is 17.4 Å². The third kappa shape index (κ3) is 4.53. The van der Waals surface area contributed by atoms with Gasteiger partial charge in [0.15, 0.2) is 0 Å². The van der Waals surface area contributed by atoms with Crippen LogP contribution in [0.3, 0.4) is 0 Å². The Morgan fingerprint density at radius 2 is 1.38 bits per heavy atom. The van der Waals surface area contributed by atoms with E-state index in [0.29, 0.717) is 0 Å². The number of hydrogen-bond acceptors (Lipinski definition) is 2. The monoisotopic (exact) mass is 214 g/mol. The van der Waals surface area contributed by atoms with Gasteiger partial charge in [-0.1, -0.05) is 60.7 Å². The molecule has 0 unspecified atom stereocenters. The molecule has 0 aliphatic carbocycles. The van der Waals surface area contributed by atoms with Crippen LogP contribution in [0.15, 0.2) is 60.7 Å². The van der Waals surface area contributed by atoms with Gasteiger partial charge in [0.05, 0.1) is 6.61 Å². The van der Waals surface area contributed by atoms with Crippen molar-refractivity contribution < 1.29 is 9.90 Å². The molecule has 2 nitrogen and oxygen atoms in total. The molecular weight excluding hydrogens is 200 g/mol. The van der Waals surface area contributed by atoms with E-state index in [1.165, 1.54) is 0 Å². The lowest BCUT2D eigenvalue weighted by Crippen LogP contribution is -1.77. The Labute approximate surface area is 95.2 Å². The van der Waals surface area contributed by atoms with E-state index in [9.17, 15) is 4.79 Å². The van der Waals surface area contributed by atoms with E-state index in [2.05, 4.69) is 0 Å². The smallest absolute Gasteiger partial charge is 0.150 e. The van der Waals surface area contributed by atoms with Crippen molar-refractivity contribution in [1.82, 2.24) is 0 Å². The fourth-order valence-corrected chi connectivity index (χ4v) is 1.12. The van der Waals surface area contributed by atoms with Crippen LogP contribution in [-0.2, 0) is 6.61 Å². The highest BCUT2D eigenvalue weighted by atomic mass is 16.3. The summed E-state index contributed by atoms with van der Waals surface area (Å²) >= 11 is 0. The van der Waals surface area contributed by atoms with Gasteiger partial charge >= 0.3 is 0 Å². The van der Waals surface area contributed by atoms with Crippen LogP contribution in [0.5, 0.6) is 0 Å². The number of hydrogen-bond donors (Lipinski definition) is 1. The zero-order chi connectivity index (χ0) is 11.6. The molecule has 2 aromatic rings. The van der Waals surface area contributed by atoms with Crippen molar-refractivity contribution in [2.24, 2.45) is 0 Å². The van der Waals surface area contributed by atoms with Gasteiger partial charge in [-0.3, -0.25) is 4.79 Å². The molecule has 0 radical (unpaired) electrons. The van der Waals surface area contributed by atoms with Crippen molar-refractivity contribution in [2.75, 3.05) is 0 Å². The molecule has 2 aromatic carbocycles. The Balaban J connectivity index is 0.000000160. The fraction of sp³-hybridized carbons (Fsp3) is 0.0714. The standard InChI is InChI=1S/C7H8O.C7H6O/c2*8-6-7-4-2-1-3-5-7/h1-5,8H,6H2;1-6H. The van der Waals surface area contributed by atoms with E-state index in [1.807, 2.05) is 48.5 Å². The highest BCUT2D eigenvalue weighted by molar-refractivity contribution is 5.74. The van der Waals surface area contributed by atoms with Gasteiger partial charge in [0.2, 0.25) is 0 Å². The summed E-state index contributed by atoms with van der Waals surface area (Å²) in [4.78, 5) is 10.0. The van der Waals surface area contributed by atoms with E-state index in [-0.39, 0.29) is 6.61 Å². The first-order valence-corrected chi connectivity index (χ1v) is 5.02. The molecule has 16 heavy (non-hydrogen) atoms. The summed E-state index contributed by atoms with van der Waals surface area (Å²) < 4.78 is 0. The van der Waals surface area contributed by atoms with Crippen LogP contribution in [0, 0.1) is 0 Å². The molecule has 0 bridgehead atoms. The van der Waals surface area contributed by atoms with Gasteiger partial charge in [0.25, 0.3) is 0 Å². The van der Waals surface area contributed by atoms with Gasteiger partial charge in [-0.25, -0.2) is 0 Å². The Kier molecular flexibility index (Phi) is 5.59. The third-order valence-electron chi connectivity index (χ3n) is 1.96. The summed E-state index contributed by atoms with van der Waals surface area (Å²) in [6, 6.07) is 18.6. The second-order valence-corrected chi connectivity index (χ2v) is 3.17. The number of rotatable bonds is 2. The summed E-state index contributed by atoms with van der Waals surface area (Å²) in [6.07, 6.45) is 0.833. The largest absolute Gasteiger partial charge is 0.392 e. The lowest BCUT2D eigenvalue weighted by molar-refractivity contribution is 0.112. The number of aliphatic hydroxyl groups excluding tert-OH is 1. The van der Waals surface area contributed by atoms with Crippen molar-refractivity contribution in [2.45, 2.75) is 6.61 Å². The summed E-state index contributed by atoms with van der Waals surface area (Å²) in [7, 11) is 0. The highest BCUT2D eigenvalue weighted by Crippen LogP contribution is 1.95. The molecule has 0 aliphatic heterocycles. The average molecular weight is 214 g/mol. The first-order chi connectivity index (χ1) is 7.86. The van der Waals surface area contributed by atoms with Gasteiger partial charge in [0.1, 0.15) is 6.29 Å². The van der Waals surface area contributed by atoms with E-state index in [1.54, 1.807) is 12.1 Å². The second kappa shape index (κ2) is 7.37. The molecular formula is C14H14O2. The molecule has 0 saturated heterocycles. The number of carbonyl (C=O) groups is 1. The first-order valence-electron chi connectivity index (χ1n) is 5.02. The molecule has 2 heteroatoms. The number of aliphatic hydroxyl groups is 1. The average Bonchev–Trinajstić information content (AvgIpc) is 2.41. The van der Waals surface area contributed by atoms with Crippen LogP contribution in [-0.4, -0.2) is 11.4 Å². The van der Waals surface area contributed by atoms with Crippen molar-refractivity contribution in [3.63, 3.8) is 0 Å². The molecule has 0 aromatic heterocycles. The number of benzene rings is 2. The minimum Gasteiger partial charge on any atom is -0.392 e. The van der Waals surface area contributed by atoms with Crippen LogP contribution in [0.4, 0.5) is 0 Å². The van der Waals surface area contributed by atoms with Crippen molar-refractivity contribution in [3.05, 3.63) is 71.8 Å². The lowest BCUT2D eigenvalue weighted by atomic mass is 10.2. The summed E-state index contributed by atoms with van der Waals surface area (Å²) in [5.41, 5.74) is 1.69. The topological polar surface area (TPSA) is 37.3 Å². The van der Waals surface area contributed by atoms with Gasteiger partial charge in [-0.15, -0.1) is 0 Å². The Morgan fingerprint density at radius 1 is 0.875 bits per heavy atom. The predicted octanol–water partition coefficient (Wildman–Crippen LogP) is 2.68. The molecule has 1 N–H and O–H groups in total. The number of carbonyl (C=O) groups excluding carboxylic acids is 1. The second-order valence-electron chi connectivity index (χ2n) is 3.17. The molecule has 0 atom stereocenters. The van der Waals surface area contributed by atoms with Gasteiger partial charge in [-0.05, 0) is 5.56 Å². The minimum atomic E-state index is 0.140. The maximum absolute atomic E-state index is 10.0. The van der Waals surface area contributed by atoms with Crippen molar-refractivity contribution in [1.29, 1.82) is 0 Å². The van der Waals surface area contributed by atoms with Crippen LogP contribution < -0.4 is 0 Å². The molecule has 0 aliphatic rings. The summed E-state index contributed by atoms with van der Waals surface area (Å²) in [5.74, 6) is 0. The van der Waals surface area contributed by atoms with Gasteiger partial charge < -0.3 is 5.11 Å². The van der Waals surface area contributed by atoms with Crippen molar-refractivity contribution >= 4 is 6.29 Å². The fourth-order valence-electron chi connectivity index (χ4n) is 1.12. The third-order valence-corrected chi connectivity index (χ3v) is 1.96. The summed E-state index contributed by atoms with van der Waals surface area (Å²) in [6.45, 7) is 0.140. The van der Waals surface area contributed by atoms with E-state index in [4.69, 9.17) is 5.11 Å². The van der Waals surface area contributed by atoms with Gasteiger partial charge in [0, 0.05) is 5.56 Å². The normalized spacial score (nSPS) is 8.81. The molecule has 2 rings (SSSR count). The zero-order valence-electron chi connectivity index (χ0n) is 8.91. The zero-order valence-corrected chi connectivity index (χ0v) is 8.91. The maximum Gasteiger partial charge on any atom is 0.150 e. The highest BCUT2D eigenvalue weighted by Gasteiger charge is 1.81. The Bertz CT molecular complexity index is 396. The molecule has 82 valence electrons. The molecule has 0 heterocycles. The minimum absolute atomic E-state index is 0.140. The van der Waals surface area contributed by atoms with Crippen LogP contribution in [0.1, 0.15) is 15.9 Å². The van der Waals surface area contributed by atoms with Crippen LogP contribution in [0.2, 0.25) is 0 Å². The van der Waals surface area contributed by atoms with Crippen LogP contribution in [0.25, 0.3) is 0 Å². The molecule has 0 saturated carbocycles. The van der Waals surface area contributed by atoms with Crippen LogP contribution >= 0.6 is 0 Å². The first kappa shape index (κ1) is 12.1. The van der Waals surface area contributed by atoms with Crippen molar-refractivity contribution in [3.8, 4) is 0 Å². The van der Waals surface area contributed by atoms with E-state index < -0.39 is 0 Å². The van der Waals surface area contributed by atoms with E-state index >= 15 is 0 Å². The Hall–Kier alpha value is -1.93. The SMILES string of the molecule is O=Cc1ccccc1.OCc1ccccc1. The quantitative estimate of drug-likeness (QED) is 0.780. The Morgan fingerprint density at radius 3 is 1.69 bits per heavy atom. The molecule has 0 spiro atoms. The number of aldehydes is 1. The predicted molar refractivity (Wildman–Crippen MR) is 64.2 cm³/mol. The maximum atomic E-state index is 10.0. The van der Waals surface area contributed by atoms with Gasteiger partial charge in [-0.2, -0.15) is 0 Å². The molecule has 0 amide bonds. The molecule has 0 fully saturated rings.